The van der Waals surface area contributed by atoms with Gasteiger partial charge in [0.2, 0.25) is 5.91 Å². The number of ether oxygens (including phenoxy) is 1. The molecule has 3 rings (SSSR count). The molecule has 0 spiro atoms. The number of amides is 1. The van der Waals surface area contributed by atoms with E-state index < -0.39 is 12.0 Å². The predicted octanol–water partition coefficient (Wildman–Crippen LogP) is 0.930. The van der Waals surface area contributed by atoms with E-state index in [1.807, 2.05) is 30.3 Å². The van der Waals surface area contributed by atoms with E-state index in [4.69, 9.17) is 4.74 Å². The van der Waals surface area contributed by atoms with Crippen molar-refractivity contribution in [3.05, 3.63) is 35.9 Å². The van der Waals surface area contributed by atoms with Crippen LogP contribution in [0, 0.1) is 5.92 Å². The van der Waals surface area contributed by atoms with Crippen molar-refractivity contribution in [2.24, 2.45) is 5.92 Å². The highest BCUT2D eigenvalue weighted by Gasteiger charge is 2.49. The van der Waals surface area contributed by atoms with Crippen LogP contribution < -0.4 is 0 Å². The van der Waals surface area contributed by atoms with Crippen molar-refractivity contribution in [1.82, 2.24) is 4.90 Å². The number of carboxylic acids is 1. The molecule has 20 heavy (non-hydrogen) atoms. The lowest BCUT2D eigenvalue weighted by atomic mass is 10.0. The maximum absolute atomic E-state index is 12.5. The molecule has 1 aromatic carbocycles. The number of carbonyl (C=O) groups is 2. The number of aliphatic carboxylic acids is 1. The van der Waals surface area contributed by atoms with E-state index in [2.05, 4.69) is 0 Å². The molecule has 0 bridgehead atoms. The quantitative estimate of drug-likeness (QED) is 0.891. The molecule has 2 saturated heterocycles. The van der Waals surface area contributed by atoms with Gasteiger partial charge in [0, 0.05) is 5.92 Å². The van der Waals surface area contributed by atoms with Crippen molar-refractivity contribution in [2.75, 3.05) is 13.2 Å². The molecule has 106 valence electrons. The first-order valence-electron chi connectivity index (χ1n) is 6.82. The van der Waals surface area contributed by atoms with Gasteiger partial charge in [-0.3, -0.25) is 4.79 Å². The second kappa shape index (κ2) is 5.25. The van der Waals surface area contributed by atoms with Gasteiger partial charge in [-0.15, -0.1) is 0 Å². The molecule has 2 aliphatic heterocycles. The van der Waals surface area contributed by atoms with Crippen LogP contribution in [0.15, 0.2) is 30.3 Å². The van der Waals surface area contributed by atoms with E-state index >= 15 is 0 Å². The third kappa shape index (κ3) is 2.29. The minimum absolute atomic E-state index is 0.0766. The molecule has 3 atom stereocenters. The van der Waals surface area contributed by atoms with Crippen LogP contribution in [0.25, 0.3) is 0 Å². The van der Waals surface area contributed by atoms with Crippen LogP contribution >= 0.6 is 0 Å². The van der Waals surface area contributed by atoms with E-state index in [9.17, 15) is 14.7 Å². The highest BCUT2D eigenvalue weighted by molar-refractivity contribution is 5.86. The second-order valence-electron chi connectivity index (χ2n) is 5.42. The van der Waals surface area contributed by atoms with Crippen LogP contribution in [0.3, 0.4) is 0 Å². The molecular weight excluding hydrogens is 258 g/mol. The Balaban J connectivity index is 1.78. The van der Waals surface area contributed by atoms with Gasteiger partial charge in [-0.2, -0.15) is 0 Å². The first-order chi connectivity index (χ1) is 9.66. The second-order valence-corrected chi connectivity index (χ2v) is 5.42. The van der Waals surface area contributed by atoms with Crippen LogP contribution in [-0.2, 0) is 20.7 Å². The lowest BCUT2D eigenvalue weighted by Crippen LogP contribution is -2.46. The first-order valence-corrected chi connectivity index (χ1v) is 6.82. The molecule has 0 aromatic heterocycles. The number of likely N-dealkylation sites (tertiary alicyclic amines) is 1. The van der Waals surface area contributed by atoms with E-state index in [-0.39, 0.29) is 24.3 Å². The molecule has 0 unspecified atom stereocenters. The number of rotatable bonds is 3. The monoisotopic (exact) mass is 275 g/mol. The highest BCUT2D eigenvalue weighted by Crippen LogP contribution is 2.35. The summed E-state index contributed by atoms with van der Waals surface area (Å²) >= 11 is 0. The summed E-state index contributed by atoms with van der Waals surface area (Å²) in [5.74, 6) is -0.877. The summed E-state index contributed by atoms with van der Waals surface area (Å²) in [6.45, 7) is 1.01. The Bertz CT molecular complexity index is 516. The van der Waals surface area contributed by atoms with Crippen LogP contribution in [0.5, 0.6) is 0 Å². The van der Waals surface area contributed by atoms with Gasteiger partial charge in [0.1, 0.15) is 6.04 Å². The summed E-state index contributed by atoms with van der Waals surface area (Å²) < 4.78 is 5.38. The number of carboxylic acid groups (broad SMARTS) is 1. The Morgan fingerprint density at radius 3 is 2.70 bits per heavy atom. The van der Waals surface area contributed by atoms with Crippen molar-refractivity contribution >= 4 is 11.9 Å². The number of hydrogen-bond acceptors (Lipinski definition) is 3. The van der Waals surface area contributed by atoms with E-state index in [0.717, 1.165) is 5.56 Å². The third-order valence-corrected chi connectivity index (χ3v) is 4.15. The maximum atomic E-state index is 12.5. The van der Waals surface area contributed by atoms with Crippen molar-refractivity contribution in [3.63, 3.8) is 0 Å². The van der Waals surface area contributed by atoms with Crippen LogP contribution in [-0.4, -0.2) is 47.2 Å². The maximum Gasteiger partial charge on any atom is 0.326 e. The standard InChI is InChI=1S/C15H17NO4/c17-14(6-10-4-2-1-3-5-10)16-12(15(18)19)7-11-8-20-9-13(11)16/h1-5,11-13H,6-9H2,(H,18,19)/t11-,12-,13+/m0/s1. The Kier molecular flexibility index (Phi) is 3.44. The largest absolute Gasteiger partial charge is 0.480 e. The van der Waals surface area contributed by atoms with Crippen LogP contribution in [0.2, 0.25) is 0 Å². The van der Waals surface area contributed by atoms with Crippen molar-refractivity contribution in [2.45, 2.75) is 24.9 Å². The summed E-state index contributed by atoms with van der Waals surface area (Å²) in [6.07, 6.45) is 0.744. The Morgan fingerprint density at radius 1 is 1.25 bits per heavy atom. The van der Waals surface area contributed by atoms with Gasteiger partial charge in [-0.1, -0.05) is 30.3 Å². The smallest absolute Gasteiger partial charge is 0.326 e. The SMILES string of the molecule is O=C(O)[C@@H]1C[C@H]2COC[C@H]2N1C(=O)Cc1ccccc1. The summed E-state index contributed by atoms with van der Waals surface area (Å²) in [7, 11) is 0. The summed E-state index contributed by atoms with van der Waals surface area (Å²) in [5.41, 5.74) is 0.906. The van der Waals surface area contributed by atoms with Crippen molar-refractivity contribution < 1.29 is 19.4 Å². The van der Waals surface area contributed by atoms with Crippen molar-refractivity contribution in [1.29, 1.82) is 0 Å². The Labute approximate surface area is 117 Å². The molecule has 2 heterocycles. The van der Waals surface area contributed by atoms with Gasteiger partial charge in [0.15, 0.2) is 0 Å². The van der Waals surface area contributed by atoms with E-state index in [1.54, 1.807) is 0 Å². The zero-order chi connectivity index (χ0) is 14.1. The molecule has 2 aliphatic rings. The molecular formula is C15H17NO4. The van der Waals surface area contributed by atoms with Gasteiger partial charge < -0.3 is 14.7 Å². The zero-order valence-corrected chi connectivity index (χ0v) is 11.1. The number of benzene rings is 1. The van der Waals surface area contributed by atoms with Gasteiger partial charge in [-0.05, 0) is 12.0 Å². The zero-order valence-electron chi connectivity index (χ0n) is 11.1. The van der Waals surface area contributed by atoms with Gasteiger partial charge in [0.25, 0.3) is 0 Å². The van der Waals surface area contributed by atoms with Crippen LogP contribution in [0.1, 0.15) is 12.0 Å². The summed E-state index contributed by atoms with van der Waals surface area (Å²) in [5, 5.41) is 9.32. The predicted molar refractivity (Wildman–Crippen MR) is 71.1 cm³/mol. The van der Waals surface area contributed by atoms with Gasteiger partial charge >= 0.3 is 5.97 Å². The lowest BCUT2D eigenvalue weighted by Gasteiger charge is -2.27. The Hall–Kier alpha value is -1.88. The molecule has 0 saturated carbocycles. The molecule has 1 N–H and O–H groups in total. The molecule has 1 amide bonds. The first kappa shape index (κ1) is 13.1. The fourth-order valence-corrected chi connectivity index (χ4v) is 3.19. The molecule has 5 heteroatoms. The topological polar surface area (TPSA) is 66.8 Å². The number of hydrogen-bond donors (Lipinski definition) is 1. The number of fused-ring (bicyclic) bond motifs is 1. The fourth-order valence-electron chi connectivity index (χ4n) is 3.19. The average Bonchev–Trinajstić information content (AvgIpc) is 2.99. The molecule has 0 aliphatic carbocycles. The summed E-state index contributed by atoms with van der Waals surface area (Å²) in [6, 6.07) is 8.63. The number of carbonyl (C=O) groups excluding carboxylic acids is 1. The van der Waals surface area contributed by atoms with Gasteiger partial charge in [-0.25, -0.2) is 4.79 Å². The van der Waals surface area contributed by atoms with Crippen molar-refractivity contribution in [3.8, 4) is 0 Å². The molecule has 1 aromatic rings. The summed E-state index contributed by atoms with van der Waals surface area (Å²) in [4.78, 5) is 25.4. The van der Waals surface area contributed by atoms with E-state index in [0.29, 0.717) is 19.6 Å². The van der Waals surface area contributed by atoms with Gasteiger partial charge in [0.05, 0.1) is 25.7 Å². The Morgan fingerprint density at radius 2 is 2.00 bits per heavy atom. The molecule has 2 fully saturated rings. The van der Waals surface area contributed by atoms with E-state index in [1.165, 1.54) is 4.90 Å². The molecule has 5 nitrogen and oxygen atoms in total. The van der Waals surface area contributed by atoms with Crippen LogP contribution in [0.4, 0.5) is 0 Å². The lowest BCUT2D eigenvalue weighted by molar-refractivity contribution is -0.149. The fraction of sp³-hybridized carbons (Fsp3) is 0.467. The third-order valence-electron chi connectivity index (χ3n) is 4.15. The minimum Gasteiger partial charge on any atom is -0.480 e. The normalized spacial score (nSPS) is 28.4. The average molecular weight is 275 g/mol. The number of nitrogens with zero attached hydrogens (tertiary/aromatic N) is 1. The minimum atomic E-state index is -0.916. The molecule has 0 radical (unpaired) electrons. The highest BCUT2D eigenvalue weighted by atomic mass is 16.5.